The van der Waals surface area contributed by atoms with E-state index in [1.807, 2.05) is 0 Å². The molecule has 0 radical (unpaired) electrons. The molecule has 16 heavy (non-hydrogen) atoms. The summed E-state index contributed by atoms with van der Waals surface area (Å²) in [7, 11) is 0. The Hall–Kier alpha value is -1.23. The summed E-state index contributed by atoms with van der Waals surface area (Å²) in [5.41, 5.74) is -1.66. The molecule has 0 aromatic heterocycles. The molecule has 0 bridgehead atoms. The molecule has 0 amide bonds. The number of ether oxygens (including phenoxy) is 1. The Bertz CT molecular complexity index is 402. The average molecular weight is 253 g/mol. The zero-order valence-corrected chi connectivity index (χ0v) is 9.02. The molecule has 1 rings (SSSR count). The highest BCUT2D eigenvalue weighted by atomic mass is 35.5. The normalized spacial score (nSPS) is 11.3. The fraction of sp³-hybridized carbons (Fsp3) is 0.300. The molecule has 0 fully saturated rings. The fourth-order valence-corrected chi connectivity index (χ4v) is 1.35. The van der Waals surface area contributed by atoms with E-state index in [1.165, 1.54) is 6.07 Å². The van der Waals surface area contributed by atoms with Crippen molar-refractivity contribution in [1.29, 1.82) is 0 Å². The minimum absolute atomic E-state index is 0.0523. The van der Waals surface area contributed by atoms with Crippen molar-refractivity contribution in [2.75, 3.05) is 6.61 Å². The molecule has 0 aliphatic rings. The van der Waals surface area contributed by atoms with Crippen LogP contribution < -0.4 is 4.74 Å². The van der Waals surface area contributed by atoms with Gasteiger partial charge in [0.15, 0.2) is 0 Å². The molecule has 0 saturated heterocycles. The minimum Gasteiger partial charge on any atom is -0.494 e. The van der Waals surface area contributed by atoms with E-state index in [0.717, 1.165) is 12.1 Å². The lowest BCUT2D eigenvalue weighted by Crippen LogP contribution is -2.11. The van der Waals surface area contributed by atoms with Crippen LogP contribution >= 0.6 is 11.6 Å². The van der Waals surface area contributed by atoms with Gasteiger partial charge in [-0.1, -0.05) is 0 Å². The second-order valence-corrected chi connectivity index (χ2v) is 3.26. The molecule has 0 atom stereocenters. The van der Waals surface area contributed by atoms with Crippen LogP contribution in [0.15, 0.2) is 18.2 Å². The Kier molecular flexibility index (Phi) is 3.80. The standard InChI is InChI=1S/C10H8ClF3O2/c1-2-16-6-3-4-7(9(11)15)8(5-6)10(12,13)14/h3-5H,2H2,1H3. The zero-order valence-electron chi connectivity index (χ0n) is 8.27. The van der Waals surface area contributed by atoms with Crippen LogP contribution in [-0.4, -0.2) is 11.8 Å². The van der Waals surface area contributed by atoms with Gasteiger partial charge in [-0.25, -0.2) is 0 Å². The Morgan fingerprint density at radius 1 is 1.44 bits per heavy atom. The molecular weight excluding hydrogens is 245 g/mol. The molecule has 1 aromatic rings. The predicted molar refractivity (Wildman–Crippen MR) is 52.8 cm³/mol. The van der Waals surface area contributed by atoms with Gasteiger partial charge < -0.3 is 4.74 Å². The number of halogens is 4. The maximum atomic E-state index is 12.6. The number of hydrogen-bond acceptors (Lipinski definition) is 2. The van der Waals surface area contributed by atoms with E-state index < -0.39 is 22.5 Å². The maximum Gasteiger partial charge on any atom is 0.417 e. The highest BCUT2D eigenvalue weighted by molar-refractivity contribution is 6.67. The van der Waals surface area contributed by atoms with E-state index in [9.17, 15) is 18.0 Å². The first-order valence-corrected chi connectivity index (χ1v) is 4.78. The summed E-state index contributed by atoms with van der Waals surface area (Å²) < 4.78 is 42.6. The van der Waals surface area contributed by atoms with Crippen LogP contribution in [0, 0.1) is 0 Å². The smallest absolute Gasteiger partial charge is 0.417 e. The number of alkyl halides is 3. The van der Waals surface area contributed by atoms with E-state index in [1.54, 1.807) is 6.92 Å². The third kappa shape index (κ3) is 2.88. The van der Waals surface area contributed by atoms with Gasteiger partial charge in [0, 0.05) is 5.56 Å². The second-order valence-electron chi connectivity index (χ2n) is 2.91. The van der Waals surface area contributed by atoms with Crippen molar-refractivity contribution in [3.63, 3.8) is 0 Å². The van der Waals surface area contributed by atoms with Crippen molar-refractivity contribution < 1.29 is 22.7 Å². The van der Waals surface area contributed by atoms with Crippen LogP contribution in [0.2, 0.25) is 0 Å². The van der Waals surface area contributed by atoms with Gasteiger partial charge in [0.25, 0.3) is 5.24 Å². The first-order chi connectivity index (χ1) is 7.36. The average Bonchev–Trinajstić information content (AvgIpc) is 2.16. The first-order valence-electron chi connectivity index (χ1n) is 4.40. The van der Waals surface area contributed by atoms with E-state index >= 15 is 0 Å². The maximum absolute atomic E-state index is 12.6. The third-order valence-corrected chi connectivity index (χ3v) is 2.02. The molecule has 0 N–H and O–H groups in total. The SMILES string of the molecule is CCOc1ccc(C(=O)Cl)c(C(F)(F)F)c1. The molecule has 0 heterocycles. The van der Waals surface area contributed by atoms with Gasteiger partial charge >= 0.3 is 6.18 Å². The summed E-state index contributed by atoms with van der Waals surface area (Å²) in [5, 5.41) is -1.14. The minimum atomic E-state index is -4.63. The zero-order chi connectivity index (χ0) is 12.3. The molecule has 0 saturated carbocycles. The highest BCUT2D eigenvalue weighted by Gasteiger charge is 2.35. The predicted octanol–water partition coefficient (Wildman–Crippen LogP) is 3.48. The molecular formula is C10H8ClF3O2. The largest absolute Gasteiger partial charge is 0.494 e. The first kappa shape index (κ1) is 12.8. The summed E-state index contributed by atoms with van der Waals surface area (Å²) >= 11 is 5.06. The number of rotatable bonds is 3. The molecule has 0 aliphatic carbocycles. The van der Waals surface area contributed by atoms with Gasteiger partial charge in [-0.15, -0.1) is 0 Å². The van der Waals surface area contributed by atoms with Crippen molar-refractivity contribution in [2.24, 2.45) is 0 Å². The summed E-state index contributed by atoms with van der Waals surface area (Å²) in [6.45, 7) is 1.89. The number of carbonyl (C=O) groups excluding carboxylic acids is 1. The van der Waals surface area contributed by atoms with Crippen LogP contribution in [0.5, 0.6) is 5.75 Å². The molecule has 0 unspecified atom stereocenters. The Morgan fingerprint density at radius 3 is 2.50 bits per heavy atom. The van der Waals surface area contributed by atoms with Crippen molar-refractivity contribution in [1.82, 2.24) is 0 Å². The second kappa shape index (κ2) is 4.74. The molecule has 1 aromatic carbocycles. The topological polar surface area (TPSA) is 26.3 Å². The van der Waals surface area contributed by atoms with Gasteiger partial charge in [-0.3, -0.25) is 4.79 Å². The molecule has 0 aliphatic heterocycles. The summed E-state index contributed by atoms with van der Waals surface area (Å²) in [6, 6.07) is 3.04. The van der Waals surface area contributed by atoms with E-state index in [2.05, 4.69) is 0 Å². The van der Waals surface area contributed by atoms with Crippen LogP contribution in [0.4, 0.5) is 13.2 Å². The van der Waals surface area contributed by atoms with Gasteiger partial charge in [-0.05, 0) is 36.7 Å². The van der Waals surface area contributed by atoms with Gasteiger partial charge in [-0.2, -0.15) is 13.2 Å². The number of hydrogen-bond donors (Lipinski definition) is 0. The lowest BCUT2D eigenvalue weighted by atomic mass is 10.1. The Morgan fingerprint density at radius 2 is 2.06 bits per heavy atom. The summed E-state index contributed by atoms with van der Waals surface area (Å²) in [6.07, 6.45) is -4.63. The van der Waals surface area contributed by atoms with E-state index in [-0.39, 0.29) is 12.4 Å². The van der Waals surface area contributed by atoms with Gasteiger partial charge in [0.1, 0.15) is 5.75 Å². The van der Waals surface area contributed by atoms with Crippen LogP contribution in [-0.2, 0) is 6.18 Å². The van der Waals surface area contributed by atoms with Crippen molar-refractivity contribution in [3.8, 4) is 5.75 Å². The Balaban J connectivity index is 3.27. The van der Waals surface area contributed by atoms with Crippen LogP contribution in [0.3, 0.4) is 0 Å². The van der Waals surface area contributed by atoms with Crippen molar-refractivity contribution >= 4 is 16.8 Å². The van der Waals surface area contributed by atoms with E-state index in [0.29, 0.717) is 0 Å². The summed E-state index contributed by atoms with van der Waals surface area (Å²) in [4.78, 5) is 10.8. The van der Waals surface area contributed by atoms with Crippen molar-refractivity contribution in [3.05, 3.63) is 29.3 Å². The molecule has 0 spiro atoms. The fourth-order valence-electron chi connectivity index (χ4n) is 1.19. The highest BCUT2D eigenvalue weighted by Crippen LogP contribution is 2.35. The summed E-state index contributed by atoms with van der Waals surface area (Å²) in [5.74, 6) is 0.0523. The quantitative estimate of drug-likeness (QED) is 0.770. The van der Waals surface area contributed by atoms with Gasteiger partial charge in [0.05, 0.1) is 12.2 Å². The lowest BCUT2D eigenvalue weighted by molar-refractivity contribution is -0.138. The van der Waals surface area contributed by atoms with Gasteiger partial charge in [0.2, 0.25) is 0 Å². The third-order valence-electron chi connectivity index (χ3n) is 1.82. The number of benzene rings is 1. The molecule has 88 valence electrons. The monoisotopic (exact) mass is 252 g/mol. The molecule has 6 heteroatoms. The number of carbonyl (C=O) groups is 1. The van der Waals surface area contributed by atoms with Crippen molar-refractivity contribution in [2.45, 2.75) is 13.1 Å². The molecule has 2 nitrogen and oxygen atoms in total. The Labute approximate surface area is 95.0 Å². The lowest BCUT2D eigenvalue weighted by Gasteiger charge is -2.12. The van der Waals surface area contributed by atoms with Crippen LogP contribution in [0.25, 0.3) is 0 Å². The van der Waals surface area contributed by atoms with Crippen LogP contribution in [0.1, 0.15) is 22.8 Å². The van der Waals surface area contributed by atoms with E-state index in [4.69, 9.17) is 16.3 Å².